The second kappa shape index (κ2) is 8.71. The molecule has 0 atom stereocenters. The molecule has 114 valence electrons. The molecule has 0 bridgehead atoms. The number of benzene rings is 1. The third-order valence-corrected chi connectivity index (χ3v) is 3.10. The predicted molar refractivity (Wildman–Crippen MR) is 101 cm³/mol. The first-order chi connectivity index (χ1) is 9.65. The van der Waals surface area contributed by atoms with Crippen LogP contribution >= 0.6 is 24.0 Å². The van der Waals surface area contributed by atoms with Crippen molar-refractivity contribution < 1.29 is 0 Å². The highest BCUT2D eigenvalue weighted by atomic mass is 127. The normalized spacial score (nSPS) is 14.0. The lowest BCUT2D eigenvalue weighted by Gasteiger charge is -2.18. The van der Waals surface area contributed by atoms with Gasteiger partial charge in [0.15, 0.2) is 5.96 Å². The van der Waals surface area contributed by atoms with Crippen LogP contribution in [0.5, 0.6) is 0 Å². The smallest absolute Gasteiger partial charge is 0.189 e. The van der Waals surface area contributed by atoms with E-state index in [1.165, 1.54) is 5.69 Å². The summed E-state index contributed by atoms with van der Waals surface area (Å²) in [4.78, 5) is 6.66. The van der Waals surface area contributed by atoms with Gasteiger partial charge in [0.1, 0.15) is 0 Å². The van der Waals surface area contributed by atoms with E-state index in [9.17, 15) is 0 Å². The maximum atomic E-state index is 5.81. The summed E-state index contributed by atoms with van der Waals surface area (Å²) in [5, 5.41) is 3.03. The van der Waals surface area contributed by atoms with Gasteiger partial charge in [-0.25, -0.2) is 4.99 Å². The molecule has 1 heterocycles. The molecule has 3 N–H and O–H groups in total. The second-order valence-electron chi connectivity index (χ2n) is 5.06. The fourth-order valence-electron chi connectivity index (χ4n) is 2.01. The highest BCUT2D eigenvalue weighted by molar-refractivity contribution is 14.0. The standard InChI is InChI=1S/C16H22N4.HI/c1-13(2)11-18-16(17)19-12-14-6-5-7-15(10-14)20-8-3-4-9-20;/h3-7,10H,1,8-9,11-12H2,2H3,(H3,17,18,19);1H. The van der Waals surface area contributed by atoms with Crippen molar-refractivity contribution in [2.45, 2.75) is 13.5 Å². The van der Waals surface area contributed by atoms with Crippen LogP contribution < -0.4 is 16.0 Å². The molecule has 2 rings (SSSR count). The number of halogens is 1. The van der Waals surface area contributed by atoms with Crippen LogP contribution in [0.3, 0.4) is 0 Å². The summed E-state index contributed by atoms with van der Waals surface area (Å²) >= 11 is 0. The Morgan fingerprint density at radius 3 is 2.76 bits per heavy atom. The Labute approximate surface area is 143 Å². The van der Waals surface area contributed by atoms with Crippen molar-refractivity contribution in [2.75, 3.05) is 24.5 Å². The summed E-state index contributed by atoms with van der Waals surface area (Å²) in [6, 6.07) is 8.43. The molecule has 0 spiro atoms. The van der Waals surface area contributed by atoms with Gasteiger partial charge in [-0.3, -0.25) is 0 Å². The number of nitrogens with one attached hydrogen (secondary N) is 1. The van der Waals surface area contributed by atoms with Gasteiger partial charge in [-0.15, -0.1) is 24.0 Å². The lowest BCUT2D eigenvalue weighted by molar-refractivity contribution is 0.938. The molecular formula is C16H23IN4. The molecule has 21 heavy (non-hydrogen) atoms. The van der Waals surface area contributed by atoms with E-state index in [2.05, 4.69) is 58.2 Å². The first-order valence-corrected chi connectivity index (χ1v) is 6.82. The average Bonchev–Trinajstić information content (AvgIpc) is 2.97. The van der Waals surface area contributed by atoms with Gasteiger partial charge < -0.3 is 16.0 Å². The summed E-state index contributed by atoms with van der Waals surface area (Å²) in [6.07, 6.45) is 4.37. The van der Waals surface area contributed by atoms with Crippen LogP contribution in [0.1, 0.15) is 12.5 Å². The van der Waals surface area contributed by atoms with Crippen molar-refractivity contribution in [1.29, 1.82) is 0 Å². The molecule has 0 amide bonds. The Morgan fingerprint density at radius 2 is 2.10 bits per heavy atom. The van der Waals surface area contributed by atoms with E-state index in [1.54, 1.807) is 0 Å². The molecule has 5 heteroatoms. The monoisotopic (exact) mass is 398 g/mol. The number of guanidine groups is 1. The van der Waals surface area contributed by atoms with Gasteiger partial charge in [0.2, 0.25) is 0 Å². The van der Waals surface area contributed by atoms with Crippen LogP contribution in [0.15, 0.2) is 53.6 Å². The van der Waals surface area contributed by atoms with Crippen LogP contribution in [0.25, 0.3) is 0 Å². The van der Waals surface area contributed by atoms with E-state index in [-0.39, 0.29) is 24.0 Å². The van der Waals surface area contributed by atoms with Gasteiger partial charge >= 0.3 is 0 Å². The number of hydrogen-bond acceptors (Lipinski definition) is 2. The largest absolute Gasteiger partial charge is 0.370 e. The Kier molecular flexibility index (Phi) is 7.28. The van der Waals surface area contributed by atoms with E-state index in [0.717, 1.165) is 24.2 Å². The van der Waals surface area contributed by atoms with Crippen molar-refractivity contribution >= 4 is 35.6 Å². The van der Waals surface area contributed by atoms with Gasteiger partial charge in [-0.2, -0.15) is 0 Å². The van der Waals surface area contributed by atoms with Crippen molar-refractivity contribution in [3.05, 3.63) is 54.1 Å². The van der Waals surface area contributed by atoms with Crippen LogP contribution in [0, 0.1) is 0 Å². The van der Waals surface area contributed by atoms with Gasteiger partial charge in [0.05, 0.1) is 6.54 Å². The molecule has 0 saturated heterocycles. The number of nitrogens with two attached hydrogens (primary N) is 1. The third kappa shape index (κ3) is 5.79. The summed E-state index contributed by atoms with van der Waals surface area (Å²) in [5.74, 6) is 0.459. The van der Waals surface area contributed by atoms with E-state index in [1.807, 2.05) is 6.92 Å². The third-order valence-electron chi connectivity index (χ3n) is 3.10. The molecule has 0 fully saturated rings. The lowest BCUT2D eigenvalue weighted by atomic mass is 10.2. The highest BCUT2D eigenvalue weighted by Crippen LogP contribution is 2.18. The zero-order chi connectivity index (χ0) is 14.4. The quantitative estimate of drug-likeness (QED) is 0.347. The average molecular weight is 398 g/mol. The molecule has 0 aliphatic carbocycles. The topological polar surface area (TPSA) is 53.6 Å². The van der Waals surface area contributed by atoms with Crippen LogP contribution in [0.2, 0.25) is 0 Å². The molecule has 0 aromatic heterocycles. The van der Waals surface area contributed by atoms with Crippen LogP contribution in [0.4, 0.5) is 5.69 Å². The zero-order valence-electron chi connectivity index (χ0n) is 12.4. The van der Waals surface area contributed by atoms with Crippen molar-refractivity contribution in [2.24, 2.45) is 10.7 Å². The van der Waals surface area contributed by atoms with E-state index < -0.39 is 0 Å². The molecule has 1 aromatic carbocycles. The Balaban J connectivity index is 0.00000220. The second-order valence-corrected chi connectivity index (χ2v) is 5.06. The van der Waals surface area contributed by atoms with Gasteiger partial charge in [-0.1, -0.05) is 36.4 Å². The Bertz CT molecular complexity index is 529. The number of hydrogen-bond donors (Lipinski definition) is 2. The van der Waals surface area contributed by atoms with E-state index in [4.69, 9.17) is 5.73 Å². The zero-order valence-corrected chi connectivity index (χ0v) is 14.7. The minimum absolute atomic E-state index is 0. The Hall–Kier alpha value is -1.50. The number of aliphatic imine (C=N–C) groups is 1. The van der Waals surface area contributed by atoms with Crippen molar-refractivity contribution in [1.82, 2.24) is 5.32 Å². The first kappa shape index (κ1) is 17.6. The van der Waals surface area contributed by atoms with E-state index >= 15 is 0 Å². The lowest BCUT2D eigenvalue weighted by Crippen LogP contribution is -2.32. The summed E-state index contributed by atoms with van der Waals surface area (Å²) in [6.45, 7) is 8.98. The van der Waals surface area contributed by atoms with Crippen molar-refractivity contribution in [3.63, 3.8) is 0 Å². The molecule has 1 aliphatic rings. The maximum absolute atomic E-state index is 5.81. The van der Waals surface area contributed by atoms with Crippen LogP contribution in [-0.2, 0) is 6.54 Å². The summed E-state index contributed by atoms with van der Waals surface area (Å²) in [7, 11) is 0. The SMILES string of the molecule is C=C(C)CNC(N)=NCc1cccc(N2CC=CC2)c1.I. The summed E-state index contributed by atoms with van der Waals surface area (Å²) in [5.41, 5.74) is 9.24. The Morgan fingerprint density at radius 1 is 1.38 bits per heavy atom. The number of rotatable bonds is 5. The van der Waals surface area contributed by atoms with Crippen LogP contribution in [-0.4, -0.2) is 25.6 Å². The van der Waals surface area contributed by atoms with Gasteiger partial charge in [0, 0.05) is 25.3 Å². The molecule has 0 unspecified atom stereocenters. The minimum atomic E-state index is 0. The number of anilines is 1. The highest BCUT2D eigenvalue weighted by Gasteiger charge is 2.07. The van der Waals surface area contributed by atoms with Crippen molar-refractivity contribution in [3.8, 4) is 0 Å². The maximum Gasteiger partial charge on any atom is 0.189 e. The molecule has 0 saturated carbocycles. The molecule has 1 aromatic rings. The predicted octanol–water partition coefficient (Wildman–Crippen LogP) is 2.66. The number of nitrogens with zero attached hydrogens (tertiary/aromatic N) is 2. The minimum Gasteiger partial charge on any atom is -0.370 e. The molecule has 0 radical (unpaired) electrons. The first-order valence-electron chi connectivity index (χ1n) is 6.82. The van der Waals surface area contributed by atoms with E-state index in [0.29, 0.717) is 19.0 Å². The molecule has 4 nitrogen and oxygen atoms in total. The van der Waals surface area contributed by atoms with Gasteiger partial charge in [-0.05, 0) is 24.6 Å². The van der Waals surface area contributed by atoms with Gasteiger partial charge in [0.25, 0.3) is 0 Å². The fourth-order valence-corrected chi connectivity index (χ4v) is 2.01. The fraction of sp³-hybridized carbons (Fsp3) is 0.312. The molecular weight excluding hydrogens is 375 g/mol. The summed E-state index contributed by atoms with van der Waals surface area (Å²) < 4.78 is 0. The molecule has 1 aliphatic heterocycles.